The molecule has 2 aromatic heterocycles. The number of hydrogen-bond donors (Lipinski definition) is 1. The zero-order valence-electron chi connectivity index (χ0n) is 14.7. The maximum atomic E-state index is 12.4. The Morgan fingerprint density at radius 3 is 2.92 bits per heavy atom. The number of amides is 1. The summed E-state index contributed by atoms with van der Waals surface area (Å²) < 4.78 is 8.98. The first-order valence-corrected chi connectivity index (χ1v) is 8.46. The zero-order chi connectivity index (χ0) is 18.0. The molecular weight excluding hydrogens is 322 g/mol. The minimum Gasteiger partial charge on any atom is -0.371 e. The van der Waals surface area contributed by atoms with E-state index in [0.29, 0.717) is 12.3 Å². The Bertz CT molecular complexity index is 826. The number of rotatable bonds is 5. The van der Waals surface area contributed by atoms with Gasteiger partial charge in [0.15, 0.2) is 0 Å². The highest BCUT2D eigenvalue weighted by Crippen LogP contribution is 2.28. The lowest BCUT2D eigenvalue weighted by Crippen LogP contribution is -2.41. The number of carbonyl (C=O) groups is 1. The maximum Gasteiger partial charge on any atom is 0.348 e. The fraction of sp³-hybridized carbons (Fsp3) is 0.529. The lowest BCUT2D eigenvalue weighted by molar-refractivity contribution is -0.122. The normalized spacial score (nSPS) is 20.0. The van der Waals surface area contributed by atoms with Crippen molar-refractivity contribution in [1.29, 1.82) is 0 Å². The Morgan fingerprint density at radius 2 is 2.24 bits per heavy atom. The van der Waals surface area contributed by atoms with E-state index in [4.69, 9.17) is 4.74 Å². The number of ether oxygens (including phenoxy) is 1. The van der Waals surface area contributed by atoms with E-state index < -0.39 is 5.69 Å². The molecule has 2 aromatic rings. The Labute approximate surface area is 145 Å². The molecule has 0 spiro atoms. The van der Waals surface area contributed by atoms with Crippen molar-refractivity contribution >= 4 is 5.91 Å². The third-order valence-corrected chi connectivity index (χ3v) is 4.39. The molecule has 1 aliphatic rings. The van der Waals surface area contributed by atoms with Crippen LogP contribution in [0.3, 0.4) is 0 Å². The largest absolute Gasteiger partial charge is 0.371 e. The van der Waals surface area contributed by atoms with E-state index in [9.17, 15) is 9.59 Å². The second kappa shape index (κ2) is 7.18. The second-order valence-corrected chi connectivity index (χ2v) is 6.29. The summed E-state index contributed by atoms with van der Waals surface area (Å²) in [7, 11) is 0. The van der Waals surface area contributed by atoms with Crippen molar-refractivity contribution in [3.05, 3.63) is 45.9 Å². The summed E-state index contributed by atoms with van der Waals surface area (Å²) in [6.07, 6.45) is 4.23. The van der Waals surface area contributed by atoms with Crippen LogP contribution in [0, 0.1) is 13.8 Å². The van der Waals surface area contributed by atoms with E-state index in [-0.39, 0.29) is 24.6 Å². The van der Waals surface area contributed by atoms with Gasteiger partial charge in [-0.05, 0) is 33.3 Å². The van der Waals surface area contributed by atoms with Crippen molar-refractivity contribution in [3.63, 3.8) is 0 Å². The first-order valence-electron chi connectivity index (χ1n) is 8.46. The van der Waals surface area contributed by atoms with Crippen LogP contribution >= 0.6 is 0 Å². The van der Waals surface area contributed by atoms with E-state index in [0.717, 1.165) is 24.2 Å². The van der Waals surface area contributed by atoms with Crippen molar-refractivity contribution in [2.24, 2.45) is 0 Å². The number of nitrogens with one attached hydrogen (secondary N) is 1. The minimum absolute atomic E-state index is 0.0462. The molecule has 0 unspecified atom stereocenters. The fourth-order valence-corrected chi connectivity index (χ4v) is 3.13. The molecule has 0 saturated carbocycles. The van der Waals surface area contributed by atoms with E-state index >= 15 is 0 Å². The lowest BCUT2D eigenvalue weighted by atomic mass is 10.1. The molecule has 1 amide bonds. The predicted molar refractivity (Wildman–Crippen MR) is 91.1 cm³/mol. The molecule has 8 nitrogen and oxygen atoms in total. The third-order valence-electron chi connectivity index (χ3n) is 4.39. The Hall–Kier alpha value is -2.48. The number of aryl methyl sites for hydroxylation is 3. The van der Waals surface area contributed by atoms with Crippen molar-refractivity contribution in [3.8, 4) is 0 Å². The number of nitrogens with zero attached hydrogens (tertiary/aromatic N) is 4. The average molecular weight is 345 g/mol. The maximum absolute atomic E-state index is 12.4. The van der Waals surface area contributed by atoms with Crippen LogP contribution < -0.4 is 11.0 Å². The summed E-state index contributed by atoms with van der Waals surface area (Å²) in [5.74, 6) is -0.223. The fourth-order valence-electron chi connectivity index (χ4n) is 3.13. The van der Waals surface area contributed by atoms with Crippen LogP contribution in [-0.4, -0.2) is 37.9 Å². The Morgan fingerprint density at radius 1 is 1.44 bits per heavy atom. The van der Waals surface area contributed by atoms with Gasteiger partial charge in [-0.3, -0.25) is 14.0 Å². The molecule has 0 radical (unpaired) electrons. The number of hydrogen-bond acceptors (Lipinski definition) is 5. The topological polar surface area (TPSA) is 91.0 Å². The molecule has 1 aliphatic heterocycles. The molecule has 0 aromatic carbocycles. The van der Waals surface area contributed by atoms with Gasteiger partial charge in [0.1, 0.15) is 12.6 Å². The SMILES string of the molecule is CCn1cc([C@H]2OCC[C@@H]2NC(=O)Cn2c(C)cc(C)nc2=O)cn1. The van der Waals surface area contributed by atoms with Gasteiger partial charge in [0, 0.05) is 36.3 Å². The van der Waals surface area contributed by atoms with Gasteiger partial charge in [-0.25, -0.2) is 4.79 Å². The summed E-state index contributed by atoms with van der Waals surface area (Å²) in [5, 5.41) is 7.25. The Kier molecular flexibility index (Phi) is 4.98. The van der Waals surface area contributed by atoms with Crippen molar-refractivity contribution in [1.82, 2.24) is 24.6 Å². The van der Waals surface area contributed by atoms with E-state index in [1.807, 2.05) is 17.8 Å². The van der Waals surface area contributed by atoms with E-state index in [2.05, 4.69) is 15.4 Å². The molecule has 3 heterocycles. The second-order valence-electron chi connectivity index (χ2n) is 6.29. The van der Waals surface area contributed by atoms with Crippen LogP contribution in [-0.2, 0) is 22.6 Å². The summed E-state index contributed by atoms with van der Waals surface area (Å²) in [4.78, 5) is 28.3. The quantitative estimate of drug-likeness (QED) is 0.862. The van der Waals surface area contributed by atoms with Gasteiger partial charge in [0.05, 0.1) is 12.2 Å². The van der Waals surface area contributed by atoms with Crippen molar-refractivity contribution in [2.75, 3.05) is 6.61 Å². The van der Waals surface area contributed by atoms with Gasteiger partial charge in [0.25, 0.3) is 0 Å². The van der Waals surface area contributed by atoms with Gasteiger partial charge in [0.2, 0.25) is 5.91 Å². The molecule has 1 N–H and O–H groups in total. The highest BCUT2D eigenvalue weighted by Gasteiger charge is 2.32. The van der Waals surface area contributed by atoms with E-state index in [1.54, 1.807) is 26.1 Å². The highest BCUT2D eigenvalue weighted by atomic mass is 16.5. The summed E-state index contributed by atoms with van der Waals surface area (Å²) in [5.41, 5.74) is 1.92. The van der Waals surface area contributed by atoms with Crippen LogP contribution in [0.2, 0.25) is 0 Å². The summed E-state index contributed by atoms with van der Waals surface area (Å²) in [6, 6.07) is 1.66. The number of aromatic nitrogens is 4. The van der Waals surface area contributed by atoms with Crippen LogP contribution in [0.15, 0.2) is 23.3 Å². The molecule has 2 atom stereocenters. The van der Waals surface area contributed by atoms with Crippen LogP contribution in [0.4, 0.5) is 0 Å². The lowest BCUT2D eigenvalue weighted by Gasteiger charge is -2.19. The molecule has 0 aliphatic carbocycles. The monoisotopic (exact) mass is 345 g/mol. The molecule has 1 saturated heterocycles. The van der Waals surface area contributed by atoms with Gasteiger partial charge in [-0.15, -0.1) is 0 Å². The van der Waals surface area contributed by atoms with Gasteiger partial charge in [-0.1, -0.05) is 0 Å². The zero-order valence-corrected chi connectivity index (χ0v) is 14.7. The average Bonchev–Trinajstić information content (AvgIpc) is 3.19. The first-order chi connectivity index (χ1) is 12.0. The smallest absolute Gasteiger partial charge is 0.348 e. The summed E-state index contributed by atoms with van der Waals surface area (Å²) in [6.45, 7) is 6.89. The molecule has 8 heteroatoms. The summed E-state index contributed by atoms with van der Waals surface area (Å²) >= 11 is 0. The molecular formula is C17H23N5O3. The predicted octanol–water partition coefficient (Wildman–Crippen LogP) is 0.723. The van der Waals surface area contributed by atoms with Crippen LogP contribution in [0.1, 0.15) is 36.4 Å². The molecule has 1 fully saturated rings. The molecule has 25 heavy (non-hydrogen) atoms. The van der Waals surface area contributed by atoms with Gasteiger partial charge >= 0.3 is 5.69 Å². The van der Waals surface area contributed by atoms with Crippen LogP contribution in [0.5, 0.6) is 0 Å². The molecule has 0 bridgehead atoms. The molecule has 3 rings (SSSR count). The van der Waals surface area contributed by atoms with Crippen LogP contribution in [0.25, 0.3) is 0 Å². The Balaban J connectivity index is 1.69. The standard InChI is InChI=1S/C17H23N5O3/c1-4-21-9-13(8-18-21)16-14(5-6-25-16)20-15(23)10-22-12(3)7-11(2)19-17(22)24/h7-9,14,16H,4-6,10H2,1-3H3,(H,20,23)/t14-,16+/m0/s1. The first kappa shape index (κ1) is 17.3. The molecule has 134 valence electrons. The van der Waals surface area contributed by atoms with Crippen molar-refractivity contribution in [2.45, 2.75) is 52.4 Å². The van der Waals surface area contributed by atoms with Gasteiger partial charge < -0.3 is 10.1 Å². The minimum atomic E-state index is -0.406. The number of carbonyl (C=O) groups excluding carboxylic acids is 1. The third kappa shape index (κ3) is 3.79. The van der Waals surface area contributed by atoms with Crippen molar-refractivity contribution < 1.29 is 9.53 Å². The van der Waals surface area contributed by atoms with E-state index in [1.165, 1.54) is 4.57 Å². The highest BCUT2D eigenvalue weighted by molar-refractivity contribution is 5.76. The van der Waals surface area contributed by atoms with Gasteiger partial charge in [-0.2, -0.15) is 10.1 Å².